The van der Waals surface area contributed by atoms with Crippen LogP contribution in [-0.4, -0.2) is 17.0 Å². The van der Waals surface area contributed by atoms with Crippen LogP contribution in [-0.2, 0) is 13.0 Å². The molecule has 0 aliphatic heterocycles. The van der Waals surface area contributed by atoms with Crippen LogP contribution >= 0.6 is 0 Å². The number of rotatable bonds is 5. The maximum Gasteiger partial charge on any atom is 0.322 e. The summed E-state index contributed by atoms with van der Waals surface area (Å²) in [6.07, 6.45) is 5.53. The van der Waals surface area contributed by atoms with Crippen LogP contribution in [0.4, 0.5) is 10.5 Å². The van der Waals surface area contributed by atoms with E-state index in [0.717, 1.165) is 36.5 Å². The highest BCUT2D eigenvalue weighted by molar-refractivity contribution is 5.89. The molecule has 0 bridgehead atoms. The zero-order valence-corrected chi connectivity index (χ0v) is 14.5. The lowest BCUT2D eigenvalue weighted by Crippen LogP contribution is -2.41. The number of furan rings is 1. The number of urea groups is 1. The molecule has 128 valence electrons. The molecule has 4 heteroatoms. The van der Waals surface area contributed by atoms with Gasteiger partial charge in [0, 0.05) is 11.7 Å². The average molecular weight is 326 g/mol. The van der Waals surface area contributed by atoms with Crippen LogP contribution in [0.3, 0.4) is 0 Å². The Labute approximate surface area is 143 Å². The van der Waals surface area contributed by atoms with Crippen LogP contribution in [0.2, 0.25) is 0 Å². The first kappa shape index (κ1) is 16.6. The van der Waals surface area contributed by atoms with Gasteiger partial charge in [-0.05, 0) is 56.0 Å². The van der Waals surface area contributed by atoms with E-state index < -0.39 is 0 Å². The predicted octanol–water partition coefficient (Wildman–Crippen LogP) is 5.13. The SMILES string of the molecule is CCc1ccc(NC(=O)N(Cc2ccc(C)o2)C2CCCC2)cc1. The summed E-state index contributed by atoms with van der Waals surface area (Å²) in [4.78, 5) is 14.8. The summed E-state index contributed by atoms with van der Waals surface area (Å²) in [7, 11) is 0. The van der Waals surface area contributed by atoms with E-state index in [2.05, 4.69) is 24.4 Å². The molecule has 1 saturated carbocycles. The van der Waals surface area contributed by atoms with Crippen LogP contribution in [0.5, 0.6) is 0 Å². The van der Waals surface area contributed by atoms with Crippen molar-refractivity contribution in [1.29, 1.82) is 0 Å². The molecule has 1 aliphatic rings. The molecule has 1 heterocycles. The second kappa shape index (κ2) is 7.56. The van der Waals surface area contributed by atoms with Crippen molar-refractivity contribution in [2.45, 2.75) is 58.5 Å². The topological polar surface area (TPSA) is 45.5 Å². The first-order valence-electron chi connectivity index (χ1n) is 8.87. The minimum absolute atomic E-state index is 0.0415. The van der Waals surface area contributed by atoms with Gasteiger partial charge in [-0.15, -0.1) is 0 Å². The molecule has 1 fully saturated rings. The highest BCUT2D eigenvalue weighted by Gasteiger charge is 2.27. The molecule has 3 rings (SSSR count). The standard InChI is InChI=1S/C20H26N2O2/c1-3-16-9-11-17(12-10-16)21-20(23)22(18-6-4-5-7-18)14-19-13-8-15(2)24-19/h8-13,18H,3-7,14H2,1-2H3,(H,21,23). The van der Waals surface area contributed by atoms with Crippen LogP contribution < -0.4 is 5.32 Å². The summed E-state index contributed by atoms with van der Waals surface area (Å²) < 4.78 is 5.68. The number of nitrogens with one attached hydrogen (secondary N) is 1. The van der Waals surface area contributed by atoms with Gasteiger partial charge in [0.25, 0.3) is 0 Å². The quantitative estimate of drug-likeness (QED) is 0.828. The van der Waals surface area contributed by atoms with E-state index in [1.807, 2.05) is 36.1 Å². The van der Waals surface area contributed by atoms with Crippen molar-refractivity contribution in [3.05, 3.63) is 53.5 Å². The Hall–Kier alpha value is -2.23. The Morgan fingerprint density at radius 1 is 1.17 bits per heavy atom. The summed E-state index contributed by atoms with van der Waals surface area (Å²) in [5.41, 5.74) is 2.11. The van der Waals surface area contributed by atoms with Gasteiger partial charge in [0.1, 0.15) is 11.5 Å². The van der Waals surface area contributed by atoms with Crippen LogP contribution in [0, 0.1) is 6.92 Å². The lowest BCUT2D eigenvalue weighted by atomic mass is 10.1. The van der Waals surface area contributed by atoms with Crippen molar-refractivity contribution in [3.8, 4) is 0 Å². The maximum absolute atomic E-state index is 12.8. The Balaban J connectivity index is 1.72. The first-order valence-corrected chi connectivity index (χ1v) is 8.87. The van der Waals surface area contributed by atoms with Gasteiger partial charge in [-0.2, -0.15) is 0 Å². The van der Waals surface area contributed by atoms with Gasteiger partial charge in [-0.3, -0.25) is 0 Å². The highest BCUT2D eigenvalue weighted by atomic mass is 16.3. The summed E-state index contributed by atoms with van der Waals surface area (Å²) in [6, 6.07) is 12.2. The molecule has 0 radical (unpaired) electrons. The molecule has 0 saturated heterocycles. The van der Waals surface area contributed by atoms with E-state index in [-0.39, 0.29) is 6.03 Å². The molecule has 2 aromatic rings. The van der Waals surface area contributed by atoms with Gasteiger partial charge < -0.3 is 14.6 Å². The Morgan fingerprint density at radius 2 is 1.88 bits per heavy atom. The second-order valence-electron chi connectivity index (χ2n) is 6.56. The number of benzene rings is 1. The molecule has 1 aromatic carbocycles. The number of nitrogens with zero attached hydrogens (tertiary/aromatic N) is 1. The predicted molar refractivity (Wildman–Crippen MR) is 96.1 cm³/mol. The monoisotopic (exact) mass is 326 g/mol. The fourth-order valence-corrected chi connectivity index (χ4v) is 3.34. The highest BCUT2D eigenvalue weighted by Crippen LogP contribution is 2.26. The average Bonchev–Trinajstić information content (AvgIpc) is 3.25. The van der Waals surface area contributed by atoms with Crippen molar-refractivity contribution in [2.75, 3.05) is 5.32 Å². The van der Waals surface area contributed by atoms with E-state index in [9.17, 15) is 4.79 Å². The van der Waals surface area contributed by atoms with Crippen LogP contribution in [0.25, 0.3) is 0 Å². The molecule has 0 unspecified atom stereocenters. The zero-order chi connectivity index (χ0) is 16.9. The molecule has 24 heavy (non-hydrogen) atoms. The lowest BCUT2D eigenvalue weighted by molar-refractivity contribution is 0.178. The Kier molecular flexibility index (Phi) is 5.24. The fourth-order valence-electron chi connectivity index (χ4n) is 3.34. The molecule has 1 aromatic heterocycles. The molecule has 1 aliphatic carbocycles. The maximum atomic E-state index is 12.8. The number of carbonyl (C=O) groups excluding carboxylic acids is 1. The van der Waals surface area contributed by atoms with E-state index >= 15 is 0 Å². The number of hydrogen-bond donors (Lipinski definition) is 1. The van der Waals surface area contributed by atoms with E-state index in [1.165, 1.54) is 18.4 Å². The van der Waals surface area contributed by atoms with Crippen LogP contribution in [0.15, 0.2) is 40.8 Å². The largest absolute Gasteiger partial charge is 0.464 e. The second-order valence-corrected chi connectivity index (χ2v) is 6.56. The normalized spacial score (nSPS) is 14.8. The van der Waals surface area contributed by atoms with Gasteiger partial charge in [0.2, 0.25) is 0 Å². The molecular weight excluding hydrogens is 300 g/mol. The van der Waals surface area contributed by atoms with Crippen molar-refractivity contribution >= 4 is 11.7 Å². The summed E-state index contributed by atoms with van der Waals surface area (Å²) in [5.74, 6) is 1.72. The number of aryl methyl sites for hydroxylation is 2. The van der Waals surface area contributed by atoms with Crippen molar-refractivity contribution in [2.24, 2.45) is 0 Å². The van der Waals surface area contributed by atoms with Gasteiger partial charge in [0.05, 0.1) is 6.54 Å². The van der Waals surface area contributed by atoms with E-state index in [1.54, 1.807) is 0 Å². The summed E-state index contributed by atoms with van der Waals surface area (Å²) in [6.45, 7) is 4.58. The van der Waals surface area contributed by atoms with Crippen molar-refractivity contribution in [3.63, 3.8) is 0 Å². The summed E-state index contributed by atoms with van der Waals surface area (Å²) in [5, 5.41) is 3.04. The molecular formula is C20H26N2O2. The van der Waals surface area contributed by atoms with Crippen molar-refractivity contribution < 1.29 is 9.21 Å². The van der Waals surface area contributed by atoms with Gasteiger partial charge >= 0.3 is 6.03 Å². The number of amides is 2. The number of anilines is 1. The zero-order valence-electron chi connectivity index (χ0n) is 14.5. The molecule has 0 atom stereocenters. The number of carbonyl (C=O) groups is 1. The molecule has 1 N–H and O–H groups in total. The third-order valence-electron chi connectivity index (χ3n) is 4.76. The van der Waals surface area contributed by atoms with E-state index in [0.29, 0.717) is 12.6 Å². The van der Waals surface area contributed by atoms with Gasteiger partial charge in [-0.25, -0.2) is 4.79 Å². The molecule has 4 nitrogen and oxygen atoms in total. The minimum Gasteiger partial charge on any atom is -0.464 e. The van der Waals surface area contributed by atoms with Gasteiger partial charge in [-0.1, -0.05) is 31.9 Å². The Bertz CT molecular complexity index is 669. The first-order chi connectivity index (χ1) is 11.7. The fraction of sp³-hybridized carbons (Fsp3) is 0.450. The van der Waals surface area contributed by atoms with Crippen molar-refractivity contribution in [1.82, 2.24) is 4.90 Å². The lowest BCUT2D eigenvalue weighted by Gasteiger charge is -2.28. The minimum atomic E-state index is -0.0415. The Morgan fingerprint density at radius 3 is 2.46 bits per heavy atom. The molecule has 0 spiro atoms. The third kappa shape index (κ3) is 3.99. The number of hydrogen-bond acceptors (Lipinski definition) is 2. The van der Waals surface area contributed by atoms with Gasteiger partial charge in [0.15, 0.2) is 0 Å². The molecule has 2 amide bonds. The third-order valence-corrected chi connectivity index (χ3v) is 4.76. The van der Waals surface area contributed by atoms with E-state index in [4.69, 9.17) is 4.42 Å². The van der Waals surface area contributed by atoms with Crippen LogP contribution in [0.1, 0.15) is 49.7 Å². The smallest absolute Gasteiger partial charge is 0.322 e. The summed E-state index contributed by atoms with van der Waals surface area (Å²) >= 11 is 0.